The lowest BCUT2D eigenvalue weighted by atomic mass is 10.2. The first-order valence-electron chi connectivity index (χ1n) is 2.18. The molecule has 0 heterocycles. The maximum atomic E-state index is 11.8. The minimum Gasteiger partial charge on any atom is -0.480 e. The molecule has 0 fully saturated rings. The second kappa shape index (κ2) is 4.52. The number of hydrogen-bond donors (Lipinski definition) is 2. The highest BCUT2D eigenvalue weighted by Gasteiger charge is 2.18. The van der Waals surface area contributed by atoms with E-state index < -0.39 is 18.2 Å². The Kier molecular flexibility index (Phi) is 5.75. The van der Waals surface area contributed by atoms with E-state index in [1.165, 1.54) is 0 Å². The summed E-state index contributed by atoms with van der Waals surface area (Å²) < 4.78 is 11.8. The third-order valence-electron chi connectivity index (χ3n) is 0.780. The van der Waals surface area contributed by atoms with Crippen molar-refractivity contribution in [1.82, 2.24) is 0 Å². The molecule has 0 bridgehead atoms. The van der Waals surface area contributed by atoms with E-state index >= 15 is 0 Å². The van der Waals surface area contributed by atoms with Crippen molar-refractivity contribution in [1.29, 1.82) is 0 Å². The number of hydrogen-bond acceptors (Lipinski definition) is 2. The van der Waals surface area contributed by atoms with Crippen LogP contribution in [0.4, 0.5) is 4.39 Å². The summed E-state index contributed by atoms with van der Waals surface area (Å²) in [5, 5.41) is 7.99. The lowest BCUT2D eigenvalue weighted by molar-refractivity contribution is -0.139. The van der Waals surface area contributed by atoms with Crippen LogP contribution in [0.5, 0.6) is 0 Å². The molecule has 0 aliphatic rings. The van der Waals surface area contributed by atoms with Crippen LogP contribution in [0.2, 0.25) is 0 Å². The van der Waals surface area contributed by atoms with Crippen LogP contribution in [0, 0.1) is 0 Å². The molecule has 0 aliphatic carbocycles. The van der Waals surface area contributed by atoms with Crippen LogP contribution in [0.15, 0.2) is 0 Å². The van der Waals surface area contributed by atoms with Crippen molar-refractivity contribution in [2.75, 3.05) is 0 Å². The fourth-order valence-corrected chi connectivity index (χ4v) is 0.196. The average molecular weight is 158 g/mol. The predicted octanol–water partition coefficient (Wildman–Crippen LogP) is 0.178. The van der Waals surface area contributed by atoms with E-state index in [1.54, 1.807) is 0 Å². The largest absolute Gasteiger partial charge is 0.480 e. The third-order valence-corrected chi connectivity index (χ3v) is 0.780. The number of carboxylic acids is 1. The van der Waals surface area contributed by atoms with Crippen LogP contribution < -0.4 is 5.73 Å². The number of rotatable bonds is 2. The van der Waals surface area contributed by atoms with Crippen molar-refractivity contribution in [2.24, 2.45) is 5.73 Å². The fraction of sp³-hybridized carbons (Fsp3) is 0.750. The molecule has 5 heteroatoms. The topological polar surface area (TPSA) is 63.3 Å². The predicted molar refractivity (Wildman–Crippen MR) is 33.4 cm³/mol. The van der Waals surface area contributed by atoms with Gasteiger partial charge >= 0.3 is 5.97 Å². The van der Waals surface area contributed by atoms with E-state index in [0.29, 0.717) is 0 Å². The summed E-state index contributed by atoms with van der Waals surface area (Å²) in [6, 6.07) is -1.38. The van der Waals surface area contributed by atoms with E-state index in [0.717, 1.165) is 6.92 Å². The van der Waals surface area contributed by atoms with Crippen LogP contribution >= 0.6 is 12.4 Å². The number of carboxylic acid groups (broad SMARTS) is 1. The maximum Gasteiger partial charge on any atom is 0.323 e. The molecular weight excluding hydrogens is 148 g/mol. The van der Waals surface area contributed by atoms with Gasteiger partial charge in [0.1, 0.15) is 12.2 Å². The van der Waals surface area contributed by atoms with Crippen LogP contribution in [0.25, 0.3) is 0 Å². The Morgan fingerprint density at radius 3 is 2.11 bits per heavy atom. The van der Waals surface area contributed by atoms with E-state index in [1.807, 2.05) is 0 Å². The molecule has 0 rings (SSSR count). The number of alkyl halides is 1. The van der Waals surface area contributed by atoms with Crippen molar-refractivity contribution in [3.8, 4) is 0 Å². The van der Waals surface area contributed by atoms with E-state index in [-0.39, 0.29) is 12.4 Å². The molecule has 0 spiro atoms. The summed E-state index contributed by atoms with van der Waals surface area (Å²) in [6.45, 7) is 1.11. The molecule has 0 amide bonds. The SMILES string of the molecule is C[C@H](F)[C@@H](N)C(=O)O.Cl. The zero-order valence-corrected chi connectivity index (χ0v) is 5.69. The summed E-state index contributed by atoms with van der Waals surface area (Å²) in [7, 11) is 0. The molecule has 3 N–H and O–H groups in total. The standard InChI is InChI=1S/C4H8FNO2.ClH/c1-2(5)3(6)4(7)8;/h2-3H,6H2,1H3,(H,7,8);1H/t2-,3+;/m0./s1. The molecule has 0 unspecified atom stereocenters. The summed E-state index contributed by atoms with van der Waals surface area (Å²) in [5.41, 5.74) is 4.78. The van der Waals surface area contributed by atoms with E-state index in [4.69, 9.17) is 10.8 Å². The van der Waals surface area contributed by atoms with Gasteiger partial charge in [-0.1, -0.05) is 0 Å². The summed E-state index contributed by atoms with van der Waals surface area (Å²) in [4.78, 5) is 9.78. The highest BCUT2D eigenvalue weighted by molar-refractivity contribution is 5.85. The van der Waals surface area contributed by atoms with Gasteiger partial charge in [0.2, 0.25) is 0 Å². The molecule has 0 saturated heterocycles. The number of nitrogens with two attached hydrogens (primary N) is 1. The molecule has 0 radical (unpaired) electrons. The Morgan fingerprint density at radius 1 is 1.78 bits per heavy atom. The Morgan fingerprint density at radius 2 is 2.11 bits per heavy atom. The van der Waals surface area contributed by atoms with Gasteiger partial charge in [-0.2, -0.15) is 0 Å². The van der Waals surface area contributed by atoms with Crippen molar-refractivity contribution < 1.29 is 14.3 Å². The minimum atomic E-state index is -1.48. The first-order valence-corrected chi connectivity index (χ1v) is 2.18. The zero-order chi connectivity index (χ0) is 6.73. The summed E-state index contributed by atoms with van der Waals surface area (Å²) in [5.74, 6) is -1.31. The number of carbonyl (C=O) groups is 1. The number of halogens is 2. The highest BCUT2D eigenvalue weighted by atomic mass is 35.5. The van der Waals surface area contributed by atoms with Gasteiger partial charge in [0.05, 0.1) is 0 Å². The van der Waals surface area contributed by atoms with Crippen LogP contribution in [-0.2, 0) is 4.79 Å². The summed E-state index contributed by atoms with van der Waals surface area (Å²) >= 11 is 0. The lowest BCUT2D eigenvalue weighted by Gasteiger charge is -2.04. The lowest BCUT2D eigenvalue weighted by Crippen LogP contribution is -2.37. The first-order chi connectivity index (χ1) is 3.55. The molecule has 9 heavy (non-hydrogen) atoms. The first kappa shape index (κ1) is 11.4. The Bertz CT molecular complexity index is 98.6. The maximum absolute atomic E-state index is 11.8. The fourth-order valence-electron chi connectivity index (χ4n) is 0.196. The smallest absolute Gasteiger partial charge is 0.323 e. The van der Waals surface area contributed by atoms with Crippen LogP contribution in [0.1, 0.15) is 6.92 Å². The molecule has 0 saturated carbocycles. The average Bonchev–Trinajstić information content (AvgIpc) is 1.64. The van der Waals surface area contributed by atoms with Gasteiger partial charge in [-0.05, 0) is 6.92 Å². The Balaban J connectivity index is 0. The second-order valence-corrected chi connectivity index (χ2v) is 1.54. The van der Waals surface area contributed by atoms with Gasteiger partial charge in [0.25, 0.3) is 0 Å². The quantitative estimate of drug-likeness (QED) is 0.601. The molecule has 2 atom stereocenters. The molecule has 3 nitrogen and oxygen atoms in total. The van der Waals surface area contributed by atoms with Gasteiger partial charge < -0.3 is 10.8 Å². The zero-order valence-electron chi connectivity index (χ0n) is 4.87. The van der Waals surface area contributed by atoms with Crippen molar-refractivity contribution in [2.45, 2.75) is 19.1 Å². The van der Waals surface area contributed by atoms with Gasteiger partial charge in [0, 0.05) is 0 Å². The molecule has 0 aromatic carbocycles. The van der Waals surface area contributed by atoms with E-state index in [9.17, 15) is 9.18 Å². The van der Waals surface area contributed by atoms with Crippen LogP contribution in [0.3, 0.4) is 0 Å². The van der Waals surface area contributed by atoms with Gasteiger partial charge in [-0.3, -0.25) is 4.79 Å². The molecule has 56 valence electrons. The molecule has 0 aromatic rings. The summed E-state index contributed by atoms with van der Waals surface area (Å²) in [6.07, 6.45) is -1.48. The van der Waals surface area contributed by atoms with Crippen molar-refractivity contribution in [3.63, 3.8) is 0 Å². The number of aliphatic carboxylic acids is 1. The molecule has 0 aromatic heterocycles. The van der Waals surface area contributed by atoms with E-state index in [2.05, 4.69) is 0 Å². The highest BCUT2D eigenvalue weighted by Crippen LogP contribution is 1.92. The van der Waals surface area contributed by atoms with Gasteiger partial charge in [0.15, 0.2) is 0 Å². The normalized spacial score (nSPS) is 15.4. The minimum absolute atomic E-state index is 0. The Hall–Kier alpha value is -0.350. The molecular formula is C4H9ClFNO2. The third kappa shape index (κ3) is 4.17. The van der Waals surface area contributed by atoms with Gasteiger partial charge in [-0.25, -0.2) is 4.39 Å². The van der Waals surface area contributed by atoms with Crippen molar-refractivity contribution in [3.05, 3.63) is 0 Å². The Labute approximate surface area is 58.4 Å². The second-order valence-electron chi connectivity index (χ2n) is 1.54. The van der Waals surface area contributed by atoms with Crippen molar-refractivity contribution >= 4 is 18.4 Å². The monoisotopic (exact) mass is 157 g/mol. The van der Waals surface area contributed by atoms with Gasteiger partial charge in [-0.15, -0.1) is 12.4 Å². The molecule has 0 aliphatic heterocycles. The van der Waals surface area contributed by atoms with Crippen LogP contribution in [-0.4, -0.2) is 23.3 Å².